The minimum Gasteiger partial charge on any atom is -0.497 e. The van der Waals surface area contributed by atoms with Crippen molar-refractivity contribution < 1.29 is 32.4 Å². The highest BCUT2D eigenvalue weighted by atomic mass is 35.5. The Labute approximate surface area is 249 Å². The molecule has 0 heterocycles. The van der Waals surface area contributed by atoms with Gasteiger partial charge < -0.3 is 19.7 Å². The fraction of sp³-hybridized carbons (Fsp3) is 0.286. The number of amides is 2. The number of nitrogens with one attached hydrogen (secondary N) is 1. The Bertz CT molecular complexity index is 1580. The van der Waals surface area contributed by atoms with Gasteiger partial charge in [0.1, 0.15) is 24.1 Å². The number of rotatable bonds is 12. The lowest BCUT2D eigenvalue weighted by Crippen LogP contribution is -2.50. The summed E-state index contributed by atoms with van der Waals surface area (Å²) >= 11 is 6.22. The largest absolute Gasteiger partial charge is 0.497 e. The van der Waals surface area contributed by atoms with E-state index >= 15 is 0 Å². The van der Waals surface area contributed by atoms with Crippen LogP contribution in [0.15, 0.2) is 65.6 Å². The quantitative estimate of drug-likeness (QED) is 0.237. The number of sulfonamides is 1. The fourth-order valence-electron chi connectivity index (χ4n) is 4.16. The zero-order valence-electron chi connectivity index (χ0n) is 23.7. The summed E-state index contributed by atoms with van der Waals surface area (Å²) in [7, 11) is -0.356. The van der Waals surface area contributed by atoms with Crippen molar-refractivity contribution in [3.8, 4) is 11.5 Å². The van der Waals surface area contributed by atoms with E-state index in [0.29, 0.717) is 11.3 Å². The van der Waals surface area contributed by atoms with Crippen LogP contribution < -0.4 is 19.1 Å². The van der Waals surface area contributed by atoms with E-state index in [4.69, 9.17) is 21.1 Å². The lowest BCUT2D eigenvalue weighted by atomic mass is 10.1. The van der Waals surface area contributed by atoms with Gasteiger partial charge in [-0.25, -0.2) is 8.42 Å². The van der Waals surface area contributed by atoms with Crippen LogP contribution in [-0.2, 0) is 26.2 Å². The Morgan fingerprint density at radius 1 is 1.05 bits per heavy atom. The highest BCUT2D eigenvalue weighted by molar-refractivity contribution is 7.92. The van der Waals surface area contributed by atoms with Crippen LogP contribution in [-0.4, -0.2) is 63.9 Å². The SMILES string of the molecule is CNC(=O)C(C)N(Cc1ccc(OC)cc1)C(=O)CN(c1cc(Cl)ccc1OC)S(=O)(=O)c1ccc(C)c([N+](=O)[O-])c1. The van der Waals surface area contributed by atoms with E-state index in [1.807, 2.05) is 0 Å². The highest BCUT2D eigenvalue weighted by Gasteiger charge is 2.34. The highest BCUT2D eigenvalue weighted by Crippen LogP contribution is 2.36. The van der Waals surface area contributed by atoms with Crippen LogP contribution in [0.2, 0.25) is 5.02 Å². The number of halogens is 1. The first-order valence-corrected chi connectivity index (χ1v) is 14.4. The third-order valence-corrected chi connectivity index (χ3v) is 8.57. The van der Waals surface area contributed by atoms with Gasteiger partial charge in [0, 0.05) is 30.2 Å². The van der Waals surface area contributed by atoms with E-state index in [1.165, 1.54) is 70.3 Å². The van der Waals surface area contributed by atoms with Crippen LogP contribution >= 0.6 is 11.6 Å². The summed E-state index contributed by atoms with van der Waals surface area (Å²) in [6, 6.07) is 13.5. The molecule has 0 bridgehead atoms. The molecule has 1 unspecified atom stereocenters. The molecule has 0 spiro atoms. The second-order valence-corrected chi connectivity index (χ2v) is 11.5. The first-order valence-electron chi connectivity index (χ1n) is 12.6. The van der Waals surface area contributed by atoms with Gasteiger partial charge in [0.15, 0.2) is 0 Å². The molecule has 0 saturated carbocycles. The topological polar surface area (TPSA) is 148 Å². The summed E-state index contributed by atoms with van der Waals surface area (Å²) in [4.78, 5) is 38.3. The molecular weight excluding hydrogens is 588 g/mol. The van der Waals surface area contributed by atoms with Gasteiger partial charge in [-0.1, -0.05) is 29.8 Å². The van der Waals surface area contributed by atoms with E-state index in [9.17, 15) is 28.1 Å². The Morgan fingerprint density at radius 3 is 2.29 bits per heavy atom. The summed E-state index contributed by atoms with van der Waals surface area (Å²) in [6.45, 7) is 2.18. The molecule has 3 rings (SSSR count). The van der Waals surface area contributed by atoms with Gasteiger partial charge in [0.2, 0.25) is 11.8 Å². The molecule has 224 valence electrons. The maximum absolute atomic E-state index is 14.1. The van der Waals surface area contributed by atoms with E-state index in [0.717, 1.165) is 10.4 Å². The first kappa shape index (κ1) is 32.2. The van der Waals surface area contributed by atoms with E-state index in [1.54, 1.807) is 24.3 Å². The van der Waals surface area contributed by atoms with Crippen molar-refractivity contribution in [1.82, 2.24) is 10.2 Å². The molecular formula is C28H31ClN4O8S. The van der Waals surface area contributed by atoms with E-state index in [-0.39, 0.29) is 28.6 Å². The van der Waals surface area contributed by atoms with Crippen molar-refractivity contribution in [2.24, 2.45) is 0 Å². The molecule has 1 atom stereocenters. The van der Waals surface area contributed by atoms with Gasteiger partial charge >= 0.3 is 0 Å². The molecule has 12 nitrogen and oxygen atoms in total. The molecule has 0 aromatic heterocycles. The Hall–Kier alpha value is -4.36. The van der Waals surface area contributed by atoms with E-state index < -0.39 is 49.9 Å². The number of hydrogen-bond donors (Lipinski definition) is 1. The van der Waals surface area contributed by atoms with Gasteiger partial charge in [-0.15, -0.1) is 0 Å². The number of hydrogen-bond acceptors (Lipinski definition) is 8. The number of carbonyl (C=O) groups is 2. The molecule has 0 saturated heterocycles. The number of nitro benzene ring substituents is 1. The van der Waals surface area contributed by atoms with Crippen molar-refractivity contribution in [2.45, 2.75) is 31.3 Å². The summed E-state index contributed by atoms with van der Waals surface area (Å²) in [5, 5.41) is 14.2. The van der Waals surface area contributed by atoms with Crippen LogP contribution in [0.5, 0.6) is 11.5 Å². The average molecular weight is 619 g/mol. The van der Waals surface area contributed by atoms with Crippen LogP contribution in [0.4, 0.5) is 11.4 Å². The van der Waals surface area contributed by atoms with Crippen LogP contribution in [0.1, 0.15) is 18.1 Å². The normalized spacial score (nSPS) is 11.8. The third kappa shape index (κ3) is 7.09. The van der Waals surface area contributed by atoms with Crippen LogP contribution in [0.3, 0.4) is 0 Å². The minimum atomic E-state index is -4.61. The molecule has 14 heteroatoms. The Balaban J connectivity index is 2.15. The number of likely N-dealkylation sites (N-methyl/N-ethyl adjacent to an activating group) is 1. The van der Waals surface area contributed by atoms with Crippen LogP contribution in [0.25, 0.3) is 0 Å². The zero-order valence-corrected chi connectivity index (χ0v) is 25.2. The number of ether oxygens (including phenoxy) is 2. The maximum Gasteiger partial charge on any atom is 0.273 e. The second-order valence-electron chi connectivity index (χ2n) is 9.19. The van der Waals surface area contributed by atoms with Crippen molar-refractivity contribution in [2.75, 3.05) is 32.1 Å². The monoisotopic (exact) mass is 618 g/mol. The molecule has 3 aromatic rings. The number of nitrogens with zero attached hydrogens (tertiary/aromatic N) is 3. The average Bonchev–Trinajstić information content (AvgIpc) is 2.97. The molecule has 2 amide bonds. The van der Waals surface area contributed by atoms with Gasteiger partial charge in [0.05, 0.1) is 29.7 Å². The predicted octanol–water partition coefficient (Wildman–Crippen LogP) is 3.93. The number of nitro groups is 1. The second kappa shape index (κ2) is 13.5. The van der Waals surface area contributed by atoms with Gasteiger partial charge in [-0.2, -0.15) is 0 Å². The molecule has 1 N–H and O–H groups in total. The molecule has 0 radical (unpaired) electrons. The van der Waals surface area contributed by atoms with Crippen molar-refractivity contribution in [3.05, 3.63) is 86.9 Å². The third-order valence-electron chi connectivity index (χ3n) is 6.58. The predicted molar refractivity (Wildman–Crippen MR) is 157 cm³/mol. The standard InChI is InChI=1S/C28H31ClN4O8S/c1-18-6-12-23(15-24(18)33(36)37)42(38,39)32(25-14-21(29)9-13-26(25)41-5)17-27(34)31(19(2)28(35)30-3)16-20-7-10-22(40-4)11-8-20/h6-15,19H,16-17H2,1-5H3,(H,30,35). The summed E-state index contributed by atoms with van der Waals surface area (Å²) in [5.41, 5.74) is 0.434. The van der Waals surface area contributed by atoms with Gasteiger partial charge in [0.25, 0.3) is 15.7 Å². The summed E-state index contributed by atoms with van der Waals surface area (Å²) in [6.07, 6.45) is 0. The summed E-state index contributed by atoms with van der Waals surface area (Å²) < 4.78 is 39.5. The van der Waals surface area contributed by atoms with Crippen molar-refractivity contribution in [1.29, 1.82) is 0 Å². The molecule has 0 aliphatic carbocycles. The minimum absolute atomic E-state index is 0.0337. The van der Waals surface area contributed by atoms with Gasteiger partial charge in [-0.05, 0) is 55.8 Å². The molecule has 42 heavy (non-hydrogen) atoms. The van der Waals surface area contributed by atoms with Crippen molar-refractivity contribution >= 4 is 44.8 Å². The Kier molecular flexibility index (Phi) is 10.4. The smallest absolute Gasteiger partial charge is 0.273 e. The first-order chi connectivity index (χ1) is 19.8. The molecule has 0 aliphatic rings. The lowest BCUT2D eigenvalue weighted by molar-refractivity contribution is -0.385. The number of aryl methyl sites for hydroxylation is 1. The zero-order chi connectivity index (χ0) is 31.2. The number of benzene rings is 3. The lowest BCUT2D eigenvalue weighted by Gasteiger charge is -2.32. The van der Waals surface area contributed by atoms with Gasteiger partial charge in [-0.3, -0.25) is 24.0 Å². The number of methoxy groups -OCH3 is 2. The fourth-order valence-corrected chi connectivity index (χ4v) is 5.77. The molecule has 0 aliphatic heterocycles. The summed E-state index contributed by atoms with van der Waals surface area (Å²) in [5.74, 6) is -0.526. The number of carbonyl (C=O) groups excluding carboxylic acids is 2. The van der Waals surface area contributed by atoms with Crippen molar-refractivity contribution in [3.63, 3.8) is 0 Å². The molecule has 0 fully saturated rings. The van der Waals surface area contributed by atoms with E-state index in [2.05, 4.69) is 5.32 Å². The molecule has 3 aromatic carbocycles. The van der Waals surface area contributed by atoms with Crippen LogP contribution in [0, 0.1) is 17.0 Å². The Morgan fingerprint density at radius 2 is 1.71 bits per heavy atom. The number of anilines is 1. The maximum atomic E-state index is 14.1.